The van der Waals surface area contributed by atoms with Gasteiger partial charge in [0.05, 0.1) is 17.2 Å². The fraction of sp³-hybridized carbons (Fsp3) is 0.111. The highest BCUT2D eigenvalue weighted by Gasteiger charge is 2.01. The topological polar surface area (TPSA) is 25.8 Å². The number of rotatable bonds is 0. The molecule has 1 aromatic heterocycles. The molecule has 66 valence electrons. The summed E-state index contributed by atoms with van der Waals surface area (Å²) in [6, 6.07) is 3.66. The van der Waals surface area contributed by atoms with Crippen LogP contribution in [-0.2, 0) is 0 Å². The lowest BCUT2D eigenvalue weighted by Gasteiger charge is -2.00. The number of aryl methyl sites for hydroxylation is 1. The van der Waals surface area contributed by atoms with E-state index in [2.05, 4.69) is 9.97 Å². The van der Waals surface area contributed by atoms with E-state index in [9.17, 15) is 0 Å². The van der Waals surface area contributed by atoms with Crippen molar-refractivity contribution < 1.29 is 0 Å². The Balaban J connectivity index is 2.81. The molecule has 0 saturated carbocycles. The average molecular weight is 213 g/mol. The lowest BCUT2D eigenvalue weighted by atomic mass is 10.2. The number of fused-ring (bicyclic) bond motifs is 1. The van der Waals surface area contributed by atoms with Gasteiger partial charge in [-0.15, -0.1) is 0 Å². The summed E-state index contributed by atoms with van der Waals surface area (Å²) in [5.74, 6) is 0. The van der Waals surface area contributed by atoms with Crippen LogP contribution in [0.4, 0.5) is 0 Å². The molecule has 0 saturated heterocycles. The van der Waals surface area contributed by atoms with Crippen molar-refractivity contribution in [1.29, 1.82) is 0 Å². The number of hydrogen-bond donors (Lipinski definition) is 0. The summed E-state index contributed by atoms with van der Waals surface area (Å²) in [6.45, 7) is 1.93. The second kappa shape index (κ2) is 3.13. The molecular formula is C9H6Cl2N2. The van der Waals surface area contributed by atoms with Gasteiger partial charge < -0.3 is 0 Å². The first kappa shape index (κ1) is 8.73. The molecule has 1 heterocycles. The maximum absolute atomic E-state index is 5.93. The summed E-state index contributed by atoms with van der Waals surface area (Å²) >= 11 is 11.6. The van der Waals surface area contributed by atoms with Gasteiger partial charge in [0.2, 0.25) is 0 Å². The molecule has 2 rings (SSSR count). The van der Waals surface area contributed by atoms with Crippen LogP contribution in [0.15, 0.2) is 18.3 Å². The quantitative estimate of drug-likeness (QED) is 0.671. The predicted octanol–water partition coefficient (Wildman–Crippen LogP) is 3.25. The Morgan fingerprint density at radius 3 is 2.69 bits per heavy atom. The summed E-state index contributed by atoms with van der Waals surface area (Å²) in [4.78, 5) is 8.23. The van der Waals surface area contributed by atoms with Crippen LogP contribution in [0.2, 0.25) is 10.2 Å². The Hall–Kier alpha value is -0.860. The van der Waals surface area contributed by atoms with E-state index >= 15 is 0 Å². The number of hydrogen-bond acceptors (Lipinski definition) is 2. The van der Waals surface area contributed by atoms with Crippen LogP contribution < -0.4 is 0 Å². The van der Waals surface area contributed by atoms with Crippen molar-refractivity contribution in [3.05, 3.63) is 34.1 Å². The minimum atomic E-state index is 0.382. The summed E-state index contributed by atoms with van der Waals surface area (Å²) in [7, 11) is 0. The fourth-order valence-corrected chi connectivity index (χ4v) is 1.41. The van der Waals surface area contributed by atoms with Crippen molar-refractivity contribution in [3.63, 3.8) is 0 Å². The lowest BCUT2D eigenvalue weighted by Crippen LogP contribution is -1.85. The average Bonchev–Trinajstić information content (AvgIpc) is 2.08. The molecule has 1 aromatic carbocycles. The molecule has 0 amide bonds. The van der Waals surface area contributed by atoms with Gasteiger partial charge in [-0.05, 0) is 24.6 Å². The molecule has 13 heavy (non-hydrogen) atoms. The molecule has 0 spiro atoms. The van der Waals surface area contributed by atoms with E-state index in [0.717, 1.165) is 16.6 Å². The third-order valence-corrected chi connectivity index (χ3v) is 2.38. The summed E-state index contributed by atoms with van der Waals surface area (Å²) in [6.07, 6.45) is 1.53. The Kier molecular flexibility index (Phi) is 2.10. The highest BCUT2D eigenvalue weighted by molar-refractivity contribution is 6.32. The third kappa shape index (κ3) is 1.60. The van der Waals surface area contributed by atoms with Gasteiger partial charge in [-0.2, -0.15) is 0 Å². The predicted molar refractivity (Wildman–Crippen MR) is 54.3 cm³/mol. The minimum Gasteiger partial charge on any atom is -0.251 e. The Morgan fingerprint density at radius 1 is 1.15 bits per heavy atom. The zero-order chi connectivity index (χ0) is 9.42. The maximum Gasteiger partial charge on any atom is 0.148 e. The summed E-state index contributed by atoms with van der Waals surface area (Å²) < 4.78 is 0. The van der Waals surface area contributed by atoms with Gasteiger partial charge in [-0.1, -0.05) is 23.2 Å². The Morgan fingerprint density at radius 2 is 1.92 bits per heavy atom. The van der Waals surface area contributed by atoms with Crippen LogP contribution in [0.3, 0.4) is 0 Å². The molecule has 4 heteroatoms. The van der Waals surface area contributed by atoms with Crippen molar-refractivity contribution >= 4 is 34.2 Å². The van der Waals surface area contributed by atoms with Crippen molar-refractivity contribution in [1.82, 2.24) is 9.97 Å². The highest BCUT2D eigenvalue weighted by Crippen LogP contribution is 2.21. The molecule has 0 aliphatic rings. The second-order valence-corrected chi connectivity index (χ2v) is 3.58. The third-order valence-electron chi connectivity index (χ3n) is 1.79. The van der Waals surface area contributed by atoms with E-state index < -0.39 is 0 Å². The minimum absolute atomic E-state index is 0.382. The van der Waals surface area contributed by atoms with Gasteiger partial charge in [0.1, 0.15) is 5.15 Å². The van der Waals surface area contributed by atoms with Gasteiger partial charge in [0.15, 0.2) is 0 Å². The fourth-order valence-electron chi connectivity index (χ4n) is 1.12. The van der Waals surface area contributed by atoms with Crippen molar-refractivity contribution in [2.24, 2.45) is 0 Å². The monoisotopic (exact) mass is 212 g/mol. The zero-order valence-electron chi connectivity index (χ0n) is 6.88. The Labute approximate surface area is 85.5 Å². The van der Waals surface area contributed by atoms with Crippen molar-refractivity contribution in [3.8, 4) is 0 Å². The van der Waals surface area contributed by atoms with E-state index in [1.54, 1.807) is 6.07 Å². The number of aromatic nitrogens is 2. The van der Waals surface area contributed by atoms with Crippen LogP contribution in [0, 0.1) is 6.92 Å². The van der Waals surface area contributed by atoms with E-state index in [4.69, 9.17) is 23.2 Å². The molecule has 0 bridgehead atoms. The van der Waals surface area contributed by atoms with E-state index in [-0.39, 0.29) is 0 Å². The molecule has 0 radical (unpaired) electrons. The molecule has 0 aliphatic heterocycles. The molecule has 0 aliphatic carbocycles. The van der Waals surface area contributed by atoms with E-state index in [1.807, 2.05) is 13.0 Å². The van der Waals surface area contributed by atoms with Gasteiger partial charge in [0, 0.05) is 5.02 Å². The smallest absolute Gasteiger partial charge is 0.148 e. The van der Waals surface area contributed by atoms with Crippen molar-refractivity contribution in [2.75, 3.05) is 0 Å². The first-order valence-corrected chi connectivity index (χ1v) is 4.51. The normalized spacial score (nSPS) is 10.7. The molecule has 2 nitrogen and oxygen atoms in total. The molecule has 0 unspecified atom stereocenters. The second-order valence-electron chi connectivity index (χ2n) is 2.78. The number of halogens is 2. The van der Waals surface area contributed by atoms with E-state index in [0.29, 0.717) is 10.2 Å². The lowest BCUT2D eigenvalue weighted by molar-refractivity contribution is 1.28. The summed E-state index contributed by atoms with van der Waals surface area (Å²) in [5.41, 5.74) is 2.53. The zero-order valence-corrected chi connectivity index (χ0v) is 8.39. The van der Waals surface area contributed by atoms with Crippen LogP contribution in [0.5, 0.6) is 0 Å². The van der Waals surface area contributed by atoms with Crippen molar-refractivity contribution in [2.45, 2.75) is 6.92 Å². The molecule has 0 atom stereocenters. The Bertz CT molecular complexity index is 468. The SMILES string of the molecule is Cc1cc2ncc(Cl)nc2cc1Cl. The van der Waals surface area contributed by atoms with Gasteiger partial charge in [0.25, 0.3) is 0 Å². The molecule has 0 N–H and O–H groups in total. The van der Waals surface area contributed by atoms with Gasteiger partial charge in [-0.3, -0.25) is 4.98 Å². The molecule has 2 aromatic rings. The van der Waals surface area contributed by atoms with E-state index in [1.165, 1.54) is 6.20 Å². The maximum atomic E-state index is 5.93. The first-order chi connectivity index (χ1) is 6.16. The first-order valence-electron chi connectivity index (χ1n) is 3.75. The number of nitrogens with zero attached hydrogens (tertiary/aromatic N) is 2. The number of benzene rings is 1. The molecule has 0 fully saturated rings. The highest BCUT2D eigenvalue weighted by atomic mass is 35.5. The van der Waals surface area contributed by atoms with Crippen LogP contribution in [-0.4, -0.2) is 9.97 Å². The summed E-state index contributed by atoms with van der Waals surface area (Å²) in [5, 5.41) is 1.07. The van der Waals surface area contributed by atoms with Crippen LogP contribution in [0.1, 0.15) is 5.56 Å². The van der Waals surface area contributed by atoms with Gasteiger partial charge in [-0.25, -0.2) is 4.98 Å². The largest absolute Gasteiger partial charge is 0.251 e. The molecular weight excluding hydrogens is 207 g/mol. The van der Waals surface area contributed by atoms with Crippen LogP contribution >= 0.6 is 23.2 Å². The van der Waals surface area contributed by atoms with Crippen LogP contribution in [0.25, 0.3) is 11.0 Å². The standard InChI is InChI=1S/C9H6Cl2N2/c1-5-2-7-8(3-6(5)10)13-9(11)4-12-7/h2-4H,1H3. The van der Waals surface area contributed by atoms with Gasteiger partial charge >= 0.3 is 0 Å².